The van der Waals surface area contributed by atoms with Crippen LogP contribution in [0.4, 0.5) is 5.69 Å². The molecule has 0 fully saturated rings. The van der Waals surface area contributed by atoms with Gasteiger partial charge in [0.2, 0.25) is 0 Å². The first-order valence-electron chi connectivity index (χ1n) is 9.71. The molecule has 5 N–H and O–H groups in total. The maximum Gasteiger partial charge on any atom is 0.287 e. The number of anilines is 1. The molecule has 1 unspecified atom stereocenters. The zero-order chi connectivity index (χ0) is 21.1. The van der Waals surface area contributed by atoms with E-state index in [0.29, 0.717) is 27.8 Å². The summed E-state index contributed by atoms with van der Waals surface area (Å²) in [6.07, 6.45) is 4.02. The number of imidazole rings is 1. The molecule has 2 aromatic carbocycles. The standard InChI is InChI=1S/C23H22N6O/c1-2-18(14-6-4-3-5-7-14)29-23(30)22-27-19-12-16(17(24)13-20(19)28-22)21(25)15-8-10-26-11-9-15/h3-13,18,25H,2,24H2,1H3,(H,27,28)(H,29,30). The third-order valence-electron chi connectivity index (χ3n) is 5.02. The van der Waals surface area contributed by atoms with Crippen LogP contribution in [0, 0.1) is 5.41 Å². The number of hydrogen-bond acceptors (Lipinski definition) is 5. The van der Waals surface area contributed by atoms with Gasteiger partial charge in [-0.3, -0.25) is 15.2 Å². The SMILES string of the molecule is CCC(NC(=O)c1nc2cc(C(=N)c3ccncc3)c(N)cc2[nH]1)c1ccccc1. The summed E-state index contributed by atoms with van der Waals surface area (Å²) in [6, 6.07) is 16.7. The van der Waals surface area contributed by atoms with E-state index in [9.17, 15) is 4.79 Å². The summed E-state index contributed by atoms with van der Waals surface area (Å²) in [6.45, 7) is 2.02. The summed E-state index contributed by atoms with van der Waals surface area (Å²) in [5, 5.41) is 11.5. The smallest absolute Gasteiger partial charge is 0.287 e. The van der Waals surface area contributed by atoms with E-state index in [1.807, 2.05) is 37.3 Å². The van der Waals surface area contributed by atoms with Gasteiger partial charge in [0.15, 0.2) is 5.82 Å². The average molecular weight is 398 g/mol. The van der Waals surface area contributed by atoms with Crippen LogP contribution >= 0.6 is 0 Å². The fourth-order valence-electron chi connectivity index (χ4n) is 3.40. The van der Waals surface area contributed by atoms with Gasteiger partial charge in [-0.1, -0.05) is 37.3 Å². The van der Waals surface area contributed by atoms with Crippen molar-refractivity contribution in [3.8, 4) is 0 Å². The van der Waals surface area contributed by atoms with E-state index in [-0.39, 0.29) is 23.5 Å². The first-order chi connectivity index (χ1) is 14.6. The van der Waals surface area contributed by atoms with Crippen LogP contribution in [0.3, 0.4) is 0 Å². The minimum atomic E-state index is -0.286. The van der Waals surface area contributed by atoms with Gasteiger partial charge in [0, 0.05) is 29.2 Å². The number of hydrogen-bond donors (Lipinski definition) is 4. The Bertz CT molecular complexity index is 1200. The van der Waals surface area contributed by atoms with Crippen molar-refractivity contribution in [3.63, 3.8) is 0 Å². The molecular formula is C23H22N6O. The highest BCUT2D eigenvalue weighted by molar-refractivity contribution is 6.15. The molecule has 1 atom stereocenters. The van der Waals surface area contributed by atoms with Crippen LogP contribution in [0.1, 0.15) is 46.7 Å². The predicted octanol–water partition coefficient (Wildman–Crippen LogP) is 3.84. The molecule has 150 valence electrons. The zero-order valence-electron chi connectivity index (χ0n) is 16.5. The van der Waals surface area contributed by atoms with Crippen molar-refractivity contribution in [2.24, 2.45) is 0 Å². The van der Waals surface area contributed by atoms with Gasteiger partial charge in [0.05, 0.1) is 22.8 Å². The second-order valence-electron chi connectivity index (χ2n) is 7.00. The van der Waals surface area contributed by atoms with E-state index in [1.165, 1.54) is 0 Å². The molecule has 0 saturated heterocycles. The number of nitrogen functional groups attached to an aromatic ring is 1. The minimum Gasteiger partial charge on any atom is -0.398 e. The van der Waals surface area contributed by atoms with Crippen molar-refractivity contribution >= 4 is 28.3 Å². The molecule has 0 aliphatic rings. The lowest BCUT2D eigenvalue weighted by Gasteiger charge is -2.16. The highest BCUT2D eigenvalue weighted by atomic mass is 16.2. The fraction of sp³-hybridized carbons (Fsp3) is 0.130. The van der Waals surface area contributed by atoms with Gasteiger partial charge >= 0.3 is 0 Å². The van der Waals surface area contributed by atoms with Gasteiger partial charge in [-0.05, 0) is 36.2 Å². The molecule has 4 aromatic rings. The number of aromatic amines is 1. The second-order valence-corrected chi connectivity index (χ2v) is 7.00. The Labute approximate surface area is 173 Å². The fourth-order valence-corrected chi connectivity index (χ4v) is 3.40. The molecule has 7 heteroatoms. The number of pyridine rings is 1. The number of nitrogens with two attached hydrogens (primary N) is 1. The molecule has 2 aromatic heterocycles. The number of amides is 1. The molecule has 2 heterocycles. The van der Waals surface area contributed by atoms with E-state index in [4.69, 9.17) is 11.1 Å². The summed E-state index contributed by atoms with van der Waals surface area (Å²) < 4.78 is 0. The summed E-state index contributed by atoms with van der Waals surface area (Å²) in [5.41, 5.74) is 10.4. The number of nitrogens with zero attached hydrogens (tertiary/aromatic N) is 2. The number of rotatable bonds is 6. The Morgan fingerprint density at radius 2 is 1.90 bits per heavy atom. The Kier molecular flexibility index (Phi) is 5.26. The molecule has 0 bridgehead atoms. The lowest BCUT2D eigenvalue weighted by atomic mass is 10.0. The minimum absolute atomic E-state index is 0.104. The van der Waals surface area contributed by atoms with Crippen molar-refractivity contribution < 1.29 is 4.79 Å². The molecule has 30 heavy (non-hydrogen) atoms. The quantitative estimate of drug-likeness (QED) is 0.291. The van der Waals surface area contributed by atoms with Gasteiger partial charge in [-0.25, -0.2) is 4.98 Å². The number of fused-ring (bicyclic) bond motifs is 1. The molecule has 0 aliphatic heterocycles. The third kappa shape index (κ3) is 3.77. The molecule has 0 saturated carbocycles. The first-order valence-corrected chi connectivity index (χ1v) is 9.71. The van der Waals surface area contributed by atoms with Gasteiger partial charge in [0.25, 0.3) is 5.91 Å². The molecule has 4 rings (SSSR count). The van der Waals surface area contributed by atoms with Crippen LogP contribution in [-0.4, -0.2) is 26.6 Å². The Morgan fingerprint density at radius 1 is 1.17 bits per heavy atom. The number of H-pyrrole nitrogens is 1. The Hall–Kier alpha value is -4.00. The van der Waals surface area contributed by atoms with E-state index >= 15 is 0 Å². The lowest BCUT2D eigenvalue weighted by molar-refractivity contribution is 0.0926. The normalized spacial score (nSPS) is 11.9. The van der Waals surface area contributed by atoms with Gasteiger partial charge in [-0.2, -0.15) is 0 Å². The molecule has 7 nitrogen and oxygen atoms in total. The van der Waals surface area contributed by atoms with Crippen LogP contribution in [0.2, 0.25) is 0 Å². The van der Waals surface area contributed by atoms with E-state index in [1.54, 1.807) is 36.7 Å². The predicted molar refractivity (Wildman–Crippen MR) is 118 cm³/mol. The number of benzene rings is 2. The summed E-state index contributed by atoms with van der Waals surface area (Å²) in [5.74, 6) is -0.0717. The molecular weight excluding hydrogens is 376 g/mol. The van der Waals surface area contributed by atoms with Crippen LogP contribution in [-0.2, 0) is 0 Å². The van der Waals surface area contributed by atoms with Crippen molar-refractivity contribution in [3.05, 3.63) is 89.5 Å². The zero-order valence-corrected chi connectivity index (χ0v) is 16.5. The number of nitrogens with one attached hydrogen (secondary N) is 3. The number of aromatic nitrogens is 3. The maximum atomic E-state index is 12.8. The second kappa shape index (κ2) is 8.16. The topological polar surface area (TPSA) is 121 Å². The third-order valence-corrected chi connectivity index (χ3v) is 5.02. The first kappa shape index (κ1) is 19.3. The van der Waals surface area contributed by atoms with Crippen molar-refractivity contribution in [2.75, 3.05) is 5.73 Å². The lowest BCUT2D eigenvalue weighted by Crippen LogP contribution is -2.28. The average Bonchev–Trinajstić information content (AvgIpc) is 3.20. The largest absolute Gasteiger partial charge is 0.398 e. The van der Waals surface area contributed by atoms with Crippen LogP contribution in [0.5, 0.6) is 0 Å². The van der Waals surface area contributed by atoms with Crippen molar-refractivity contribution in [2.45, 2.75) is 19.4 Å². The van der Waals surface area contributed by atoms with Gasteiger partial charge < -0.3 is 16.0 Å². The highest BCUT2D eigenvalue weighted by Gasteiger charge is 2.18. The van der Waals surface area contributed by atoms with Crippen LogP contribution < -0.4 is 11.1 Å². The molecule has 1 amide bonds. The monoisotopic (exact) mass is 398 g/mol. The number of carbonyl (C=O) groups excluding carboxylic acids is 1. The Balaban J connectivity index is 1.62. The molecule has 0 radical (unpaired) electrons. The number of carbonyl (C=O) groups is 1. The molecule has 0 spiro atoms. The molecule has 0 aliphatic carbocycles. The van der Waals surface area contributed by atoms with E-state index in [2.05, 4.69) is 20.3 Å². The van der Waals surface area contributed by atoms with Crippen LogP contribution in [0.15, 0.2) is 67.0 Å². The van der Waals surface area contributed by atoms with Crippen molar-refractivity contribution in [1.82, 2.24) is 20.3 Å². The van der Waals surface area contributed by atoms with Crippen LogP contribution in [0.25, 0.3) is 11.0 Å². The summed E-state index contributed by atoms with van der Waals surface area (Å²) in [7, 11) is 0. The maximum absolute atomic E-state index is 12.8. The van der Waals surface area contributed by atoms with E-state index in [0.717, 1.165) is 12.0 Å². The summed E-state index contributed by atoms with van der Waals surface area (Å²) in [4.78, 5) is 24.3. The van der Waals surface area contributed by atoms with Gasteiger partial charge in [0.1, 0.15) is 0 Å². The van der Waals surface area contributed by atoms with E-state index < -0.39 is 0 Å². The summed E-state index contributed by atoms with van der Waals surface area (Å²) >= 11 is 0. The Morgan fingerprint density at radius 3 is 2.60 bits per heavy atom. The van der Waals surface area contributed by atoms with Gasteiger partial charge in [-0.15, -0.1) is 0 Å². The highest BCUT2D eigenvalue weighted by Crippen LogP contribution is 2.23. The van der Waals surface area contributed by atoms with Crippen molar-refractivity contribution in [1.29, 1.82) is 5.41 Å².